The lowest BCUT2D eigenvalue weighted by Crippen LogP contribution is -2.41. The Morgan fingerprint density at radius 2 is 1.80 bits per heavy atom. The summed E-state index contributed by atoms with van der Waals surface area (Å²) in [6, 6.07) is 1.43. The summed E-state index contributed by atoms with van der Waals surface area (Å²) in [5.74, 6) is 0. The van der Waals surface area contributed by atoms with Gasteiger partial charge in [0.05, 0.1) is 0 Å². The van der Waals surface area contributed by atoms with E-state index in [1.807, 2.05) is 7.05 Å². The van der Waals surface area contributed by atoms with Gasteiger partial charge in [0.2, 0.25) is 0 Å². The zero-order valence-corrected chi connectivity index (χ0v) is 11.3. The summed E-state index contributed by atoms with van der Waals surface area (Å²) in [4.78, 5) is 2.67. The zero-order valence-electron chi connectivity index (χ0n) is 11.3. The van der Waals surface area contributed by atoms with Gasteiger partial charge >= 0.3 is 0 Å². The third-order valence-electron chi connectivity index (χ3n) is 3.31. The molecule has 0 aliphatic carbocycles. The first-order valence-electron chi connectivity index (χ1n) is 6.57. The van der Waals surface area contributed by atoms with Crippen molar-refractivity contribution >= 4 is 0 Å². The van der Waals surface area contributed by atoms with Gasteiger partial charge in [-0.15, -0.1) is 0 Å². The molecule has 0 aliphatic rings. The molecule has 0 aromatic carbocycles. The van der Waals surface area contributed by atoms with Crippen molar-refractivity contribution in [2.45, 2.75) is 65.5 Å². The first-order valence-corrected chi connectivity index (χ1v) is 6.57. The molecule has 2 nitrogen and oxygen atoms in total. The van der Waals surface area contributed by atoms with E-state index in [0.29, 0.717) is 6.04 Å². The van der Waals surface area contributed by atoms with Crippen LogP contribution in [0.15, 0.2) is 0 Å². The van der Waals surface area contributed by atoms with Gasteiger partial charge in [-0.25, -0.2) is 0 Å². The second-order valence-corrected chi connectivity index (χ2v) is 4.59. The van der Waals surface area contributed by atoms with E-state index in [2.05, 4.69) is 37.9 Å². The quantitative estimate of drug-likeness (QED) is 0.635. The first kappa shape index (κ1) is 14.9. The summed E-state index contributed by atoms with van der Waals surface area (Å²) in [6.45, 7) is 11.7. The van der Waals surface area contributed by atoms with Crippen LogP contribution in [0.5, 0.6) is 0 Å². The highest BCUT2D eigenvalue weighted by Gasteiger charge is 2.17. The van der Waals surface area contributed by atoms with E-state index in [1.165, 1.54) is 32.2 Å². The second kappa shape index (κ2) is 9.17. The van der Waals surface area contributed by atoms with Crippen LogP contribution in [0.4, 0.5) is 0 Å². The monoisotopic (exact) mass is 214 g/mol. The van der Waals surface area contributed by atoms with E-state index >= 15 is 0 Å². The Morgan fingerprint density at radius 3 is 2.27 bits per heavy atom. The molecule has 0 spiro atoms. The second-order valence-electron chi connectivity index (χ2n) is 4.59. The SMILES string of the molecule is CCCCN(C(C)CC)C(C)CCNC. The highest BCUT2D eigenvalue weighted by molar-refractivity contribution is 4.73. The van der Waals surface area contributed by atoms with Gasteiger partial charge in [0.1, 0.15) is 0 Å². The number of unbranched alkanes of at least 4 members (excludes halogenated alkanes) is 1. The van der Waals surface area contributed by atoms with E-state index in [1.54, 1.807) is 0 Å². The summed E-state index contributed by atoms with van der Waals surface area (Å²) in [5, 5.41) is 3.24. The molecule has 0 amide bonds. The van der Waals surface area contributed by atoms with Gasteiger partial charge < -0.3 is 5.32 Å². The number of nitrogens with one attached hydrogen (secondary N) is 1. The average molecular weight is 214 g/mol. The van der Waals surface area contributed by atoms with Crippen molar-refractivity contribution in [2.24, 2.45) is 0 Å². The van der Waals surface area contributed by atoms with Gasteiger partial charge in [-0.1, -0.05) is 20.3 Å². The van der Waals surface area contributed by atoms with E-state index in [-0.39, 0.29) is 0 Å². The standard InChI is InChI=1S/C13H30N2/c1-6-8-11-15(12(3)7-2)13(4)9-10-14-5/h12-14H,6-11H2,1-5H3. The Bertz CT molecular complexity index is 136. The summed E-state index contributed by atoms with van der Waals surface area (Å²) < 4.78 is 0. The molecular weight excluding hydrogens is 184 g/mol. The molecule has 2 unspecified atom stereocenters. The molecule has 0 heterocycles. The number of hydrogen-bond donors (Lipinski definition) is 1. The molecule has 15 heavy (non-hydrogen) atoms. The lowest BCUT2D eigenvalue weighted by atomic mass is 10.1. The highest BCUT2D eigenvalue weighted by atomic mass is 15.2. The van der Waals surface area contributed by atoms with Crippen LogP contribution in [0.3, 0.4) is 0 Å². The van der Waals surface area contributed by atoms with E-state index < -0.39 is 0 Å². The van der Waals surface area contributed by atoms with Crippen molar-refractivity contribution in [3.63, 3.8) is 0 Å². The van der Waals surface area contributed by atoms with Crippen molar-refractivity contribution in [2.75, 3.05) is 20.1 Å². The molecule has 2 atom stereocenters. The predicted octanol–water partition coefficient (Wildman–Crippen LogP) is 2.89. The number of nitrogens with zero attached hydrogens (tertiary/aromatic N) is 1. The van der Waals surface area contributed by atoms with E-state index in [0.717, 1.165) is 12.6 Å². The van der Waals surface area contributed by atoms with Gasteiger partial charge in [-0.3, -0.25) is 4.90 Å². The summed E-state index contributed by atoms with van der Waals surface area (Å²) >= 11 is 0. The molecule has 0 aromatic rings. The fraction of sp³-hybridized carbons (Fsp3) is 1.00. The Labute approximate surface area is 96.4 Å². The number of hydrogen-bond acceptors (Lipinski definition) is 2. The van der Waals surface area contributed by atoms with Gasteiger partial charge in [0.25, 0.3) is 0 Å². The van der Waals surface area contributed by atoms with Crippen molar-refractivity contribution in [1.82, 2.24) is 10.2 Å². The molecule has 0 bridgehead atoms. The topological polar surface area (TPSA) is 15.3 Å². The molecule has 0 radical (unpaired) electrons. The maximum atomic E-state index is 3.24. The Balaban J connectivity index is 4.07. The average Bonchev–Trinajstić information content (AvgIpc) is 2.26. The van der Waals surface area contributed by atoms with Crippen molar-refractivity contribution < 1.29 is 0 Å². The van der Waals surface area contributed by atoms with Crippen LogP contribution >= 0.6 is 0 Å². The van der Waals surface area contributed by atoms with Crippen molar-refractivity contribution in [1.29, 1.82) is 0 Å². The summed E-state index contributed by atoms with van der Waals surface area (Å²) in [5.41, 5.74) is 0. The zero-order chi connectivity index (χ0) is 11.7. The van der Waals surface area contributed by atoms with E-state index in [9.17, 15) is 0 Å². The minimum atomic E-state index is 0.707. The number of rotatable bonds is 9. The van der Waals surface area contributed by atoms with Crippen LogP contribution in [-0.4, -0.2) is 37.1 Å². The van der Waals surface area contributed by atoms with Crippen LogP contribution in [0.25, 0.3) is 0 Å². The van der Waals surface area contributed by atoms with Crippen LogP contribution in [0.1, 0.15) is 53.4 Å². The van der Waals surface area contributed by atoms with Gasteiger partial charge in [0, 0.05) is 12.1 Å². The highest BCUT2D eigenvalue weighted by Crippen LogP contribution is 2.12. The lowest BCUT2D eigenvalue weighted by molar-refractivity contribution is 0.141. The van der Waals surface area contributed by atoms with Crippen LogP contribution < -0.4 is 5.32 Å². The third-order valence-corrected chi connectivity index (χ3v) is 3.31. The molecule has 2 heteroatoms. The molecule has 0 fully saturated rings. The van der Waals surface area contributed by atoms with Crippen LogP contribution in [0.2, 0.25) is 0 Å². The minimum Gasteiger partial charge on any atom is -0.320 e. The Hall–Kier alpha value is -0.0800. The molecule has 1 N–H and O–H groups in total. The maximum absolute atomic E-state index is 3.24. The van der Waals surface area contributed by atoms with Gasteiger partial charge in [-0.2, -0.15) is 0 Å². The van der Waals surface area contributed by atoms with Crippen LogP contribution in [-0.2, 0) is 0 Å². The summed E-state index contributed by atoms with van der Waals surface area (Å²) in [6.07, 6.45) is 5.14. The summed E-state index contributed by atoms with van der Waals surface area (Å²) in [7, 11) is 2.03. The fourth-order valence-corrected chi connectivity index (χ4v) is 1.97. The minimum absolute atomic E-state index is 0.707. The molecule has 0 rings (SSSR count). The maximum Gasteiger partial charge on any atom is 0.00818 e. The third kappa shape index (κ3) is 6.16. The lowest BCUT2D eigenvalue weighted by Gasteiger charge is -2.34. The largest absolute Gasteiger partial charge is 0.320 e. The predicted molar refractivity (Wildman–Crippen MR) is 69.4 cm³/mol. The molecule has 0 saturated carbocycles. The van der Waals surface area contributed by atoms with E-state index in [4.69, 9.17) is 0 Å². The van der Waals surface area contributed by atoms with Crippen molar-refractivity contribution in [3.05, 3.63) is 0 Å². The molecule has 92 valence electrons. The smallest absolute Gasteiger partial charge is 0.00818 e. The molecule has 0 saturated heterocycles. The van der Waals surface area contributed by atoms with Crippen LogP contribution in [0, 0.1) is 0 Å². The molecule has 0 aliphatic heterocycles. The van der Waals surface area contributed by atoms with Gasteiger partial charge in [0.15, 0.2) is 0 Å². The van der Waals surface area contributed by atoms with Crippen molar-refractivity contribution in [3.8, 4) is 0 Å². The molecule has 0 aromatic heterocycles. The first-order chi connectivity index (χ1) is 7.17. The Kier molecular flexibility index (Phi) is 9.12. The van der Waals surface area contributed by atoms with Gasteiger partial charge in [-0.05, 0) is 53.2 Å². The molecular formula is C13H30N2. The normalized spacial score (nSPS) is 15.6. The Morgan fingerprint density at radius 1 is 1.13 bits per heavy atom. The fourth-order valence-electron chi connectivity index (χ4n) is 1.97.